The SMILES string of the molecule is CONC1CCCCc2cc(Br)sc21. The standard InChI is InChI=1S/C10H14BrNOS/c1-13-12-8-5-3-2-4-7-6-9(11)14-10(7)8/h6,8,12H,2-5H2,1H3. The zero-order chi connectivity index (χ0) is 9.97. The average molecular weight is 276 g/mol. The number of aryl methyl sites for hydroxylation is 1. The van der Waals surface area contributed by atoms with Crippen molar-refractivity contribution in [2.24, 2.45) is 0 Å². The molecule has 4 heteroatoms. The van der Waals surface area contributed by atoms with Crippen LogP contribution in [0.25, 0.3) is 0 Å². The Bertz CT molecular complexity index is 313. The van der Waals surface area contributed by atoms with Crippen molar-refractivity contribution in [2.45, 2.75) is 31.7 Å². The summed E-state index contributed by atoms with van der Waals surface area (Å²) in [5, 5.41) is 0. The maximum Gasteiger partial charge on any atom is 0.0704 e. The fraction of sp³-hybridized carbons (Fsp3) is 0.600. The number of hydroxylamine groups is 1. The van der Waals surface area contributed by atoms with Gasteiger partial charge in [0.1, 0.15) is 0 Å². The molecule has 0 radical (unpaired) electrons. The summed E-state index contributed by atoms with van der Waals surface area (Å²) in [6.07, 6.45) is 4.95. The van der Waals surface area contributed by atoms with Gasteiger partial charge in [-0.1, -0.05) is 6.42 Å². The number of hydrogen-bond donors (Lipinski definition) is 1. The molecule has 2 nitrogen and oxygen atoms in total. The fourth-order valence-corrected chi connectivity index (χ4v) is 3.76. The average Bonchev–Trinajstić information content (AvgIpc) is 2.43. The van der Waals surface area contributed by atoms with Crippen molar-refractivity contribution in [1.29, 1.82) is 0 Å². The minimum atomic E-state index is 0.383. The number of rotatable bonds is 2. The molecule has 1 heterocycles. The van der Waals surface area contributed by atoms with Gasteiger partial charge in [0, 0.05) is 4.88 Å². The van der Waals surface area contributed by atoms with E-state index < -0.39 is 0 Å². The van der Waals surface area contributed by atoms with Crippen LogP contribution in [0, 0.1) is 0 Å². The second-order valence-corrected chi connectivity index (χ2v) is 6.02. The quantitative estimate of drug-likeness (QED) is 0.660. The summed E-state index contributed by atoms with van der Waals surface area (Å²) in [5.41, 5.74) is 4.56. The molecule has 1 aromatic rings. The summed E-state index contributed by atoms with van der Waals surface area (Å²) in [6.45, 7) is 0. The molecular weight excluding hydrogens is 262 g/mol. The highest BCUT2D eigenvalue weighted by atomic mass is 79.9. The lowest BCUT2D eigenvalue weighted by atomic mass is 10.1. The first-order valence-electron chi connectivity index (χ1n) is 4.88. The molecule has 0 spiro atoms. The van der Waals surface area contributed by atoms with Crippen LogP contribution in [0.4, 0.5) is 0 Å². The minimum absolute atomic E-state index is 0.383. The summed E-state index contributed by atoms with van der Waals surface area (Å²) in [5.74, 6) is 0. The lowest BCUT2D eigenvalue weighted by Gasteiger charge is -2.14. The lowest BCUT2D eigenvalue weighted by Crippen LogP contribution is -2.18. The summed E-state index contributed by atoms with van der Waals surface area (Å²) >= 11 is 5.37. The molecule has 0 saturated heterocycles. The number of nitrogens with one attached hydrogen (secondary N) is 1. The van der Waals surface area contributed by atoms with E-state index in [1.54, 1.807) is 7.11 Å². The molecule has 1 aromatic heterocycles. The van der Waals surface area contributed by atoms with Gasteiger partial charge in [0.2, 0.25) is 0 Å². The van der Waals surface area contributed by atoms with Crippen molar-refractivity contribution in [3.8, 4) is 0 Å². The number of thiophene rings is 1. The van der Waals surface area contributed by atoms with E-state index >= 15 is 0 Å². The third-order valence-corrected chi connectivity index (χ3v) is 4.37. The van der Waals surface area contributed by atoms with Crippen LogP contribution in [-0.4, -0.2) is 7.11 Å². The van der Waals surface area contributed by atoms with Gasteiger partial charge in [0.25, 0.3) is 0 Å². The van der Waals surface area contributed by atoms with Gasteiger partial charge in [0.05, 0.1) is 16.9 Å². The predicted octanol–water partition coefficient (Wildman–Crippen LogP) is 3.43. The Morgan fingerprint density at radius 1 is 1.57 bits per heavy atom. The lowest BCUT2D eigenvalue weighted by molar-refractivity contribution is 0.0586. The van der Waals surface area contributed by atoms with E-state index in [9.17, 15) is 0 Å². The van der Waals surface area contributed by atoms with E-state index in [2.05, 4.69) is 27.5 Å². The van der Waals surface area contributed by atoms with Gasteiger partial charge in [0.15, 0.2) is 0 Å². The third-order valence-electron chi connectivity index (χ3n) is 2.58. The smallest absolute Gasteiger partial charge is 0.0704 e. The first-order valence-corrected chi connectivity index (χ1v) is 6.49. The maximum atomic E-state index is 5.04. The normalized spacial score (nSPS) is 21.7. The van der Waals surface area contributed by atoms with E-state index in [0.29, 0.717) is 6.04 Å². The summed E-state index contributed by atoms with van der Waals surface area (Å²) in [7, 11) is 1.69. The Hall–Kier alpha value is 0.1000. The predicted molar refractivity (Wildman–Crippen MR) is 62.5 cm³/mol. The van der Waals surface area contributed by atoms with Crippen molar-refractivity contribution in [3.05, 3.63) is 20.3 Å². The van der Waals surface area contributed by atoms with E-state index in [0.717, 1.165) is 0 Å². The molecule has 78 valence electrons. The highest BCUT2D eigenvalue weighted by molar-refractivity contribution is 9.11. The molecule has 0 aromatic carbocycles. The van der Waals surface area contributed by atoms with Crippen LogP contribution in [0.15, 0.2) is 9.85 Å². The molecule has 0 fully saturated rings. The van der Waals surface area contributed by atoms with E-state index in [4.69, 9.17) is 4.84 Å². The molecule has 1 N–H and O–H groups in total. The number of halogens is 1. The molecule has 14 heavy (non-hydrogen) atoms. The molecule has 1 unspecified atom stereocenters. The molecule has 0 aliphatic heterocycles. The molecule has 1 aliphatic carbocycles. The van der Waals surface area contributed by atoms with Gasteiger partial charge in [-0.2, -0.15) is 5.48 Å². The molecule has 0 amide bonds. The van der Waals surface area contributed by atoms with Gasteiger partial charge in [-0.05, 0) is 46.8 Å². The van der Waals surface area contributed by atoms with Crippen molar-refractivity contribution >= 4 is 27.3 Å². The minimum Gasteiger partial charge on any atom is -0.304 e. The van der Waals surface area contributed by atoms with Crippen molar-refractivity contribution < 1.29 is 4.84 Å². The van der Waals surface area contributed by atoms with Crippen LogP contribution in [-0.2, 0) is 11.3 Å². The summed E-state index contributed by atoms with van der Waals surface area (Å²) in [6, 6.07) is 2.63. The number of hydrogen-bond acceptors (Lipinski definition) is 3. The van der Waals surface area contributed by atoms with Crippen LogP contribution in [0.1, 0.15) is 35.7 Å². The Labute approximate surface area is 96.7 Å². The van der Waals surface area contributed by atoms with Gasteiger partial charge in [-0.25, -0.2) is 0 Å². The highest BCUT2D eigenvalue weighted by Crippen LogP contribution is 2.37. The van der Waals surface area contributed by atoms with Crippen molar-refractivity contribution in [3.63, 3.8) is 0 Å². The fourth-order valence-electron chi connectivity index (χ4n) is 1.95. The summed E-state index contributed by atoms with van der Waals surface area (Å²) < 4.78 is 1.23. The van der Waals surface area contributed by atoms with E-state index in [1.807, 2.05) is 11.3 Å². The molecule has 1 aliphatic rings. The zero-order valence-corrected chi connectivity index (χ0v) is 10.6. The molecule has 0 bridgehead atoms. The van der Waals surface area contributed by atoms with Crippen LogP contribution in [0.2, 0.25) is 0 Å². The van der Waals surface area contributed by atoms with E-state index in [1.165, 1.54) is 39.9 Å². The monoisotopic (exact) mass is 275 g/mol. The van der Waals surface area contributed by atoms with Crippen molar-refractivity contribution in [2.75, 3.05) is 7.11 Å². The second-order valence-electron chi connectivity index (χ2n) is 3.56. The molecule has 2 rings (SSSR count). The molecular formula is C10H14BrNOS. The highest BCUT2D eigenvalue weighted by Gasteiger charge is 2.20. The number of fused-ring (bicyclic) bond motifs is 1. The van der Waals surface area contributed by atoms with Gasteiger partial charge in [-0.15, -0.1) is 11.3 Å². The van der Waals surface area contributed by atoms with Gasteiger partial charge < -0.3 is 4.84 Å². The van der Waals surface area contributed by atoms with Gasteiger partial charge in [-0.3, -0.25) is 0 Å². The Morgan fingerprint density at radius 3 is 3.21 bits per heavy atom. The topological polar surface area (TPSA) is 21.3 Å². The Morgan fingerprint density at radius 2 is 2.43 bits per heavy atom. The first-order chi connectivity index (χ1) is 6.81. The van der Waals surface area contributed by atoms with Crippen LogP contribution < -0.4 is 5.48 Å². The zero-order valence-electron chi connectivity index (χ0n) is 8.18. The molecule has 1 atom stereocenters. The first kappa shape index (κ1) is 10.6. The van der Waals surface area contributed by atoms with Crippen molar-refractivity contribution in [1.82, 2.24) is 5.48 Å². The molecule has 0 saturated carbocycles. The Balaban J connectivity index is 2.26. The van der Waals surface area contributed by atoms with Crippen LogP contribution >= 0.6 is 27.3 Å². The summed E-state index contributed by atoms with van der Waals surface area (Å²) in [4.78, 5) is 6.49. The van der Waals surface area contributed by atoms with Gasteiger partial charge >= 0.3 is 0 Å². The largest absolute Gasteiger partial charge is 0.304 e. The Kier molecular flexibility index (Phi) is 3.60. The maximum absolute atomic E-state index is 5.04. The van der Waals surface area contributed by atoms with Crippen LogP contribution in [0.3, 0.4) is 0 Å². The van der Waals surface area contributed by atoms with Crippen LogP contribution in [0.5, 0.6) is 0 Å². The second kappa shape index (κ2) is 4.75. The van der Waals surface area contributed by atoms with E-state index in [-0.39, 0.29) is 0 Å². The third kappa shape index (κ3) is 2.19.